The van der Waals surface area contributed by atoms with E-state index < -0.39 is 10.9 Å². The molecular weight excluding hydrogens is 322 g/mol. The molecule has 0 radical (unpaired) electrons. The normalized spacial score (nSPS) is 10.5. The average Bonchev–Trinajstić information content (AvgIpc) is 2.60. The van der Waals surface area contributed by atoms with Crippen molar-refractivity contribution in [2.45, 2.75) is 65.2 Å². The van der Waals surface area contributed by atoms with Crippen LogP contribution in [-0.2, 0) is 4.74 Å². The Morgan fingerprint density at radius 2 is 1.68 bits per heavy atom. The number of ether oxygens (including phenoxy) is 2. The number of carbonyl (C=O) groups excluding carboxylic acids is 1. The van der Waals surface area contributed by atoms with Crippen molar-refractivity contribution in [1.82, 2.24) is 0 Å². The molecule has 0 bridgehead atoms. The maximum atomic E-state index is 11.8. The first kappa shape index (κ1) is 20.9. The molecule has 1 aromatic carbocycles. The number of benzene rings is 1. The van der Waals surface area contributed by atoms with E-state index in [0.717, 1.165) is 19.3 Å². The van der Waals surface area contributed by atoms with Crippen molar-refractivity contribution in [1.29, 1.82) is 0 Å². The lowest BCUT2D eigenvalue weighted by Crippen LogP contribution is -2.07. The van der Waals surface area contributed by atoms with Gasteiger partial charge in [-0.1, -0.05) is 51.9 Å². The number of nitro benzene ring substituents is 1. The quantitative estimate of drug-likeness (QED) is 0.209. The van der Waals surface area contributed by atoms with E-state index in [0.29, 0.717) is 6.61 Å². The first-order chi connectivity index (χ1) is 12.1. The standard InChI is InChI=1S/C19H29NO5/c1-3-5-6-7-8-9-10-11-14-25-18-15-16(19(21)24-4-2)12-13-17(18)20(22)23/h12-13,15H,3-11,14H2,1-2H3. The summed E-state index contributed by atoms with van der Waals surface area (Å²) in [5.74, 6) is -0.382. The number of nitrogens with zero attached hydrogens (tertiary/aromatic N) is 1. The summed E-state index contributed by atoms with van der Waals surface area (Å²) < 4.78 is 10.5. The van der Waals surface area contributed by atoms with Gasteiger partial charge >= 0.3 is 11.7 Å². The number of nitro groups is 1. The van der Waals surface area contributed by atoms with Crippen molar-refractivity contribution in [3.05, 3.63) is 33.9 Å². The summed E-state index contributed by atoms with van der Waals surface area (Å²) in [5, 5.41) is 11.1. The van der Waals surface area contributed by atoms with Gasteiger partial charge in [0.25, 0.3) is 0 Å². The van der Waals surface area contributed by atoms with Crippen LogP contribution in [0.4, 0.5) is 5.69 Å². The molecule has 0 aliphatic heterocycles. The Hall–Kier alpha value is -2.11. The van der Waals surface area contributed by atoms with Crippen molar-refractivity contribution >= 4 is 11.7 Å². The van der Waals surface area contributed by atoms with Crippen LogP contribution in [0.25, 0.3) is 0 Å². The molecular formula is C19H29NO5. The zero-order valence-electron chi connectivity index (χ0n) is 15.3. The van der Waals surface area contributed by atoms with Crippen molar-refractivity contribution in [2.24, 2.45) is 0 Å². The molecule has 6 nitrogen and oxygen atoms in total. The lowest BCUT2D eigenvalue weighted by atomic mass is 10.1. The number of rotatable bonds is 13. The van der Waals surface area contributed by atoms with Crippen LogP contribution in [0.5, 0.6) is 5.75 Å². The second-order valence-electron chi connectivity index (χ2n) is 5.98. The topological polar surface area (TPSA) is 78.7 Å². The van der Waals surface area contributed by atoms with Gasteiger partial charge in [-0.3, -0.25) is 10.1 Å². The van der Waals surface area contributed by atoms with E-state index in [1.54, 1.807) is 6.92 Å². The molecule has 0 saturated heterocycles. The number of hydrogen-bond donors (Lipinski definition) is 0. The molecule has 0 saturated carbocycles. The fourth-order valence-corrected chi connectivity index (χ4v) is 2.54. The highest BCUT2D eigenvalue weighted by Crippen LogP contribution is 2.28. The Morgan fingerprint density at radius 1 is 1.04 bits per heavy atom. The first-order valence-corrected chi connectivity index (χ1v) is 9.18. The SMILES string of the molecule is CCCCCCCCCCOc1cc(C(=O)OCC)ccc1[N+](=O)[O-]. The predicted octanol–water partition coefficient (Wildman–Crippen LogP) is 5.29. The Bertz CT molecular complexity index is 545. The molecule has 140 valence electrons. The van der Waals surface area contributed by atoms with Crippen LogP contribution in [0.15, 0.2) is 18.2 Å². The van der Waals surface area contributed by atoms with E-state index in [4.69, 9.17) is 9.47 Å². The third-order valence-corrected chi connectivity index (χ3v) is 3.92. The second-order valence-corrected chi connectivity index (χ2v) is 5.98. The van der Waals surface area contributed by atoms with Gasteiger partial charge in [0.1, 0.15) is 0 Å². The Kier molecular flexibility index (Phi) is 10.3. The third-order valence-electron chi connectivity index (χ3n) is 3.92. The number of hydrogen-bond acceptors (Lipinski definition) is 5. The van der Waals surface area contributed by atoms with Gasteiger partial charge in [-0.15, -0.1) is 0 Å². The monoisotopic (exact) mass is 351 g/mol. The Labute approximate surface area is 149 Å². The fourth-order valence-electron chi connectivity index (χ4n) is 2.54. The summed E-state index contributed by atoms with van der Waals surface area (Å²) in [5.41, 5.74) is 0.131. The van der Waals surface area contributed by atoms with Crippen LogP contribution in [0, 0.1) is 10.1 Å². The lowest BCUT2D eigenvalue weighted by molar-refractivity contribution is -0.385. The summed E-state index contributed by atoms with van der Waals surface area (Å²) in [6.45, 7) is 4.57. The van der Waals surface area contributed by atoms with Crippen molar-refractivity contribution < 1.29 is 19.2 Å². The maximum absolute atomic E-state index is 11.8. The van der Waals surface area contributed by atoms with Crippen LogP contribution in [0.2, 0.25) is 0 Å². The fraction of sp³-hybridized carbons (Fsp3) is 0.632. The molecule has 0 spiro atoms. The molecule has 0 unspecified atom stereocenters. The van der Waals surface area contributed by atoms with Crippen LogP contribution in [0.3, 0.4) is 0 Å². The molecule has 0 atom stereocenters. The molecule has 0 heterocycles. The second kappa shape index (κ2) is 12.3. The van der Waals surface area contributed by atoms with Crippen molar-refractivity contribution in [3.8, 4) is 5.75 Å². The number of carbonyl (C=O) groups is 1. The summed E-state index contributed by atoms with van der Waals surface area (Å²) in [6, 6.07) is 4.06. The minimum Gasteiger partial charge on any atom is -0.487 e. The van der Waals surface area contributed by atoms with Crippen molar-refractivity contribution in [3.63, 3.8) is 0 Å². The molecule has 0 aliphatic rings. The van der Waals surface area contributed by atoms with E-state index in [9.17, 15) is 14.9 Å². The predicted molar refractivity (Wildman–Crippen MR) is 97.2 cm³/mol. The smallest absolute Gasteiger partial charge is 0.338 e. The molecule has 1 rings (SSSR count). The highest BCUT2D eigenvalue weighted by molar-refractivity contribution is 5.90. The largest absolute Gasteiger partial charge is 0.487 e. The van der Waals surface area contributed by atoms with Crippen molar-refractivity contribution in [2.75, 3.05) is 13.2 Å². The summed E-state index contributed by atoms with van der Waals surface area (Å²) in [7, 11) is 0. The van der Waals surface area contributed by atoms with E-state index >= 15 is 0 Å². The third kappa shape index (κ3) is 8.01. The number of unbranched alkanes of at least 4 members (excludes halogenated alkanes) is 7. The maximum Gasteiger partial charge on any atom is 0.338 e. The van der Waals surface area contributed by atoms with Gasteiger partial charge in [0, 0.05) is 12.1 Å². The van der Waals surface area contributed by atoms with E-state index in [-0.39, 0.29) is 23.6 Å². The highest BCUT2D eigenvalue weighted by atomic mass is 16.6. The Balaban J connectivity index is 2.46. The molecule has 0 aromatic heterocycles. The molecule has 1 aromatic rings. The lowest BCUT2D eigenvalue weighted by Gasteiger charge is -2.09. The minimum atomic E-state index is -0.505. The van der Waals surface area contributed by atoms with Crippen LogP contribution in [0.1, 0.15) is 75.6 Å². The van der Waals surface area contributed by atoms with Gasteiger partial charge in [0.2, 0.25) is 0 Å². The van der Waals surface area contributed by atoms with Gasteiger partial charge in [0.15, 0.2) is 5.75 Å². The zero-order valence-corrected chi connectivity index (χ0v) is 15.3. The average molecular weight is 351 g/mol. The van der Waals surface area contributed by atoms with E-state index in [1.165, 1.54) is 50.3 Å². The number of esters is 1. The summed E-state index contributed by atoms with van der Waals surface area (Å²) in [6.07, 6.45) is 9.35. The summed E-state index contributed by atoms with van der Waals surface area (Å²) >= 11 is 0. The minimum absolute atomic E-state index is 0.124. The van der Waals surface area contributed by atoms with Crippen LogP contribution >= 0.6 is 0 Å². The van der Waals surface area contributed by atoms with Gasteiger partial charge in [-0.25, -0.2) is 4.79 Å². The molecule has 25 heavy (non-hydrogen) atoms. The van der Waals surface area contributed by atoms with Crippen LogP contribution in [-0.4, -0.2) is 24.1 Å². The molecule has 0 N–H and O–H groups in total. The van der Waals surface area contributed by atoms with E-state index in [2.05, 4.69) is 6.92 Å². The molecule has 0 fully saturated rings. The molecule has 0 amide bonds. The molecule has 0 aliphatic carbocycles. The van der Waals surface area contributed by atoms with Gasteiger partial charge in [-0.05, 0) is 19.4 Å². The highest BCUT2D eigenvalue weighted by Gasteiger charge is 2.18. The first-order valence-electron chi connectivity index (χ1n) is 9.18. The summed E-state index contributed by atoms with van der Waals surface area (Å²) in [4.78, 5) is 22.3. The van der Waals surface area contributed by atoms with Crippen LogP contribution < -0.4 is 4.74 Å². The Morgan fingerprint density at radius 3 is 2.28 bits per heavy atom. The zero-order chi connectivity index (χ0) is 18.5. The van der Waals surface area contributed by atoms with E-state index in [1.807, 2.05) is 0 Å². The molecule has 6 heteroatoms. The van der Waals surface area contributed by atoms with Gasteiger partial charge < -0.3 is 9.47 Å². The van der Waals surface area contributed by atoms with Gasteiger partial charge in [0.05, 0.1) is 23.7 Å². The van der Waals surface area contributed by atoms with Gasteiger partial charge in [-0.2, -0.15) is 0 Å².